The molecule has 0 fully saturated rings. The van der Waals surface area contributed by atoms with Crippen molar-refractivity contribution in [3.05, 3.63) is 0 Å². The van der Waals surface area contributed by atoms with Crippen LogP contribution in [0.25, 0.3) is 0 Å². The van der Waals surface area contributed by atoms with Crippen molar-refractivity contribution in [1.82, 2.24) is 10.6 Å². The number of carboxylic acid groups (broad SMARTS) is 1. The Kier molecular flexibility index (Phi) is 5.98. The van der Waals surface area contributed by atoms with Crippen LogP contribution >= 0.6 is 0 Å². The molecule has 0 radical (unpaired) electrons. The number of aliphatic hydroxyl groups is 1. The van der Waals surface area contributed by atoms with E-state index in [0.29, 0.717) is 6.54 Å². The molecule has 16 heavy (non-hydrogen) atoms. The number of carbonyl (C=O) groups excluding carboxylic acids is 1. The standard InChI is InChI=1S/C10H20N2O4/c1-7(2)12-8(13)4-5-11-6-10(3,16)9(14)15/h7,11,16H,4-6H2,1-3H3,(H,12,13)(H,14,15). The highest BCUT2D eigenvalue weighted by molar-refractivity contribution is 5.77. The van der Waals surface area contributed by atoms with Crippen molar-refractivity contribution in [2.24, 2.45) is 0 Å². The molecule has 94 valence electrons. The summed E-state index contributed by atoms with van der Waals surface area (Å²) in [5.74, 6) is -1.39. The first kappa shape index (κ1) is 14.9. The van der Waals surface area contributed by atoms with Gasteiger partial charge in [-0.25, -0.2) is 4.79 Å². The lowest BCUT2D eigenvalue weighted by Gasteiger charge is -2.18. The maximum Gasteiger partial charge on any atom is 0.336 e. The van der Waals surface area contributed by atoms with E-state index in [4.69, 9.17) is 5.11 Å². The fourth-order valence-corrected chi connectivity index (χ4v) is 1.00. The van der Waals surface area contributed by atoms with E-state index in [1.54, 1.807) is 0 Å². The van der Waals surface area contributed by atoms with Crippen LogP contribution in [0.4, 0.5) is 0 Å². The molecule has 0 saturated carbocycles. The zero-order valence-corrected chi connectivity index (χ0v) is 9.91. The highest BCUT2D eigenvalue weighted by atomic mass is 16.4. The molecular formula is C10H20N2O4. The van der Waals surface area contributed by atoms with Crippen LogP contribution in [0.1, 0.15) is 27.2 Å². The van der Waals surface area contributed by atoms with Crippen LogP contribution in [0.15, 0.2) is 0 Å². The molecule has 0 aromatic carbocycles. The fourth-order valence-electron chi connectivity index (χ4n) is 1.00. The zero-order valence-electron chi connectivity index (χ0n) is 9.91. The van der Waals surface area contributed by atoms with E-state index >= 15 is 0 Å². The van der Waals surface area contributed by atoms with Gasteiger partial charge in [-0.15, -0.1) is 0 Å². The molecule has 6 nitrogen and oxygen atoms in total. The lowest BCUT2D eigenvalue weighted by molar-refractivity contribution is -0.156. The van der Waals surface area contributed by atoms with Gasteiger partial charge in [-0.05, 0) is 20.8 Å². The highest BCUT2D eigenvalue weighted by Gasteiger charge is 2.28. The van der Waals surface area contributed by atoms with Gasteiger partial charge in [-0.1, -0.05) is 0 Å². The maximum absolute atomic E-state index is 11.2. The van der Waals surface area contributed by atoms with Gasteiger partial charge in [0.05, 0.1) is 0 Å². The molecule has 0 aliphatic rings. The molecule has 1 amide bonds. The van der Waals surface area contributed by atoms with Crippen molar-refractivity contribution in [2.75, 3.05) is 13.1 Å². The quantitative estimate of drug-likeness (QED) is 0.436. The summed E-state index contributed by atoms with van der Waals surface area (Å²) in [5, 5.41) is 23.4. The number of nitrogens with one attached hydrogen (secondary N) is 2. The molecule has 1 atom stereocenters. The summed E-state index contributed by atoms with van der Waals surface area (Å²) >= 11 is 0. The monoisotopic (exact) mass is 232 g/mol. The Labute approximate surface area is 95.0 Å². The van der Waals surface area contributed by atoms with Crippen molar-refractivity contribution >= 4 is 11.9 Å². The van der Waals surface area contributed by atoms with Crippen LogP contribution in [0.2, 0.25) is 0 Å². The average molecular weight is 232 g/mol. The van der Waals surface area contributed by atoms with Crippen molar-refractivity contribution < 1.29 is 19.8 Å². The van der Waals surface area contributed by atoms with E-state index in [0.717, 1.165) is 0 Å². The number of carboxylic acids is 1. The van der Waals surface area contributed by atoms with Gasteiger partial charge in [0.2, 0.25) is 5.91 Å². The second-order valence-electron chi connectivity index (χ2n) is 4.23. The van der Waals surface area contributed by atoms with Gasteiger partial charge in [-0.2, -0.15) is 0 Å². The summed E-state index contributed by atoms with van der Waals surface area (Å²) in [6.07, 6.45) is 0.258. The van der Waals surface area contributed by atoms with Crippen molar-refractivity contribution in [2.45, 2.75) is 38.8 Å². The first-order valence-corrected chi connectivity index (χ1v) is 5.21. The van der Waals surface area contributed by atoms with Crippen molar-refractivity contribution in [1.29, 1.82) is 0 Å². The maximum atomic E-state index is 11.2. The van der Waals surface area contributed by atoms with E-state index in [1.807, 2.05) is 13.8 Å². The minimum absolute atomic E-state index is 0.0860. The number of aliphatic carboxylic acids is 1. The number of amides is 1. The molecule has 0 heterocycles. The third-order valence-electron chi connectivity index (χ3n) is 1.91. The van der Waals surface area contributed by atoms with Gasteiger partial charge in [0, 0.05) is 25.6 Å². The van der Waals surface area contributed by atoms with Gasteiger partial charge >= 0.3 is 5.97 Å². The van der Waals surface area contributed by atoms with Gasteiger partial charge in [0.15, 0.2) is 5.60 Å². The molecule has 0 saturated heterocycles. The molecule has 0 aromatic heterocycles. The second-order valence-corrected chi connectivity index (χ2v) is 4.23. The summed E-state index contributed by atoms with van der Waals surface area (Å²) in [7, 11) is 0. The van der Waals surface area contributed by atoms with E-state index in [1.165, 1.54) is 6.92 Å². The van der Waals surface area contributed by atoms with E-state index in [-0.39, 0.29) is 24.9 Å². The molecule has 1 unspecified atom stereocenters. The number of hydrogen-bond acceptors (Lipinski definition) is 4. The molecule has 0 aromatic rings. The lowest BCUT2D eigenvalue weighted by Crippen LogP contribution is -2.45. The predicted octanol–water partition coefficient (Wildman–Crippen LogP) is -0.674. The Hall–Kier alpha value is -1.14. The normalized spacial score (nSPS) is 14.6. The lowest BCUT2D eigenvalue weighted by atomic mass is 10.1. The summed E-state index contributed by atoms with van der Waals surface area (Å²) in [6.45, 7) is 5.18. The zero-order chi connectivity index (χ0) is 12.8. The summed E-state index contributed by atoms with van der Waals surface area (Å²) in [6, 6.07) is 0.0922. The van der Waals surface area contributed by atoms with Gasteiger partial charge in [-0.3, -0.25) is 4.79 Å². The van der Waals surface area contributed by atoms with Crippen LogP contribution in [-0.4, -0.2) is 46.8 Å². The van der Waals surface area contributed by atoms with Crippen LogP contribution in [0.3, 0.4) is 0 Å². The third-order valence-corrected chi connectivity index (χ3v) is 1.91. The van der Waals surface area contributed by atoms with Crippen molar-refractivity contribution in [3.8, 4) is 0 Å². The van der Waals surface area contributed by atoms with Gasteiger partial charge in [0.1, 0.15) is 0 Å². The van der Waals surface area contributed by atoms with Gasteiger partial charge in [0.25, 0.3) is 0 Å². The molecule has 6 heteroatoms. The Morgan fingerprint density at radius 2 is 1.94 bits per heavy atom. The van der Waals surface area contributed by atoms with Crippen LogP contribution in [0, 0.1) is 0 Å². The third kappa shape index (κ3) is 6.36. The Morgan fingerprint density at radius 3 is 2.38 bits per heavy atom. The number of carbonyl (C=O) groups is 2. The van der Waals surface area contributed by atoms with Crippen LogP contribution in [0.5, 0.6) is 0 Å². The topological polar surface area (TPSA) is 98.7 Å². The highest BCUT2D eigenvalue weighted by Crippen LogP contribution is 2.00. The molecule has 0 aliphatic carbocycles. The predicted molar refractivity (Wildman–Crippen MR) is 59.0 cm³/mol. The van der Waals surface area contributed by atoms with E-state index in [9.17, 15) is 14.7 Å². The molecule has 0 bridgehead atoms. The Balaban J connectivity index is 3.69. The average Bonchev–Trinajstić information content (AvgIpc) is 2.11. The second kappa shape index (κ2) is 6.44. The van der Waals surface area contributed by atoms with Gasteiger partial charge < -0.3 is 20.8 Å². The number of hydrogen-bond donors (Lipinski definition) is 4. The smallest absolute Gasteiger partial charge is 0.336 e. The van der Waals surface area contributed by atoms with E-state index < -0.39 is 11.6 Å². The first-order chi connectivity index (χ1) is 7.25. The minimum atomic E-state index is -1.80. The SMILES string of the molecule is CC(C)NC(=O)CCNCC(C)(O)C(=O)O. The molecular weight excluding hydrogens is 212 g/mol. The Morgan fingerprint density at radius 1 is 1.38 bits per heavy atom. The largest absolute Gasteiger partial charge is 0.479 e. The van der Waals surface area contributed by atoms with Crippen LogP contribution in [-0.2, 0) is 9.59 Å². The molecule has 0 aliphatic heterocycles. The summed E-state index contributed by atoms with van der Waals surface area (Å²) in [4.78, 5) is 21.7. The number of rotatable bonds is 7. The molecule has 0 rings (SSSR count). The van der Waals surface area contributed by atoms with Crippen molar-refractivity contribution in [3.63, 3.8) is 0 Å². The molecule has 0 spiro atoms. The van der Waals surface area contributed by atoms with Crippen LogP contribution < -0.4 is 10.6 Å². The Bertz CT molecular complexity index is 251. The first-order valence-electron chi connectivity index (χ1n) is 5.21. The minimum Gasteiger partial charge on any atom is -0.479 e. The summed E-state index contributed by atoms with van der Waals surface area (Å²) < 4.78 is 0. The molecule has 4 N–H and O–H groups in total. The summed E-state index contributed by atoms with van der Waals surface area (Å²) in [5.41, 5.74) is -1.80. The van der Waals surface area contributed by atoms with E-state index in [2.05, 4.69) is 10.6 Å². The fraction of sp³-hybridized carbons (Fsp3) is 0.800.